The van der Waals surface area contributed by atoms with Gasteiger partial charge in [-0.3, -0.25) is 0 Å². The number of nitrogens with zero attached hydrogens (tertiary/aromatic N) is 1. The molecule has 3 aromatic rings. The number of hydrogen-bond donors (Lipinski definition) is 1. The van der Waals surface area contributed by atoms with Crippen LogP contribution in [0.3, 0.4) is 0 Å². The molecule has 1 heterocycles. The van der Waals surface area contributed by atoms with Gasteiger partial charge in [0.2, 0.25) is 0 Å². The molecule has 1 N–H and O–H groups in total. The molecule has 3 rings (SSSR count). The molecule has 108 valence electrons. The Morgan fingerprint density at radius 3 is 2.52 bits per heavy atom. The molecule has 2 aromatic carbocycles. The monoisotopic (exact) mass is 364 g/mol. The third-order valence-corrected chi connectivity index (χ3v) is 4.85. The molecule has 0 saturated carbocycles. The standard InChI is InChI=1S/C15H13BrN2O2S/c1-21(19,20)12-6-7-13-14(9-12)18-15(17-13)8-10-2-4-11(16)5-3-10/h2-7,9H,8H2,1H3,(H,17,18). The third-order valence-electron chi connectivity index (χ3n) is 3.22. The predicted molar refractivity (Wildman–Crippen MR) is 86.2 cm³/mol. The zero-order chi connectivity index (χ0) is 15.0. The van der Waals surface area contributed by atoms with Crippen LogP contribution in [0.4, 0.5) is 0 Å². The number of fused-ring (bicyclic) bond motifs is 1. The number of benzene rings is 2. The zero-order valence-electron chi connectivity index (χ0n) is 11.3. The molecule has 0 aliphatic rings. The van der Waals surface area contributed by atoms with Crippen molar-refractivity contribution in [2.75, 3.05) is 6.26 Å². The molecule has 1 aromatic heterocycles. The molecule has 21 heavy (non-hydrogen) atoms. The van der Waals surface area contributed by atoms with Gasteiger partial charge in [0, 0.05) is 17.1 Å². The molecule has 4 nitrogen and oxygen atoms in total. The van der Waals surface area contributed by atoms with Crippen molar-refractivity contribution in [2.24, 2.45) is 0 Å². The first kappa shape index (κ1) is 14.3. The number of H-pyrrole nitrogens is 1. The highest BCUT2D eigenvalue weighted by atomic mass is 79.9. The summed E-state index contributed by atoms with van der Waals surface area (Å²) in [4.78, 5) is 7.98. The second-order valence-electron chi connectivity index (χ2n) is 4.94. The lowest BCUT2D eigenvalue weighted by Gasteiger charge is -1.98. The topological polar surface area (TPSA) is 62.8 Å². The van der Waals surface area contributed by atoms with Gasteiger partial charge in [-0.2, -0.15) is 0 Å². The maximum absolute atomic E-state index is 11.6. The quantitative estimate of drug-likeness (QED) is 0.775. The molecule has 0 atom stereocenters. The van der Waals surface area contributed by atoms with Crippen LogP contribution in [0.25, 0.3) is 11.0 Å². The number of sulfone groups is 1. The third kappa shape index (κ3) is 3.16. The molecule has 0 amide bonds. The lowest BCUT2D eigenvalue weighted by atomic mass is 10.1. The van der Waals surface area contributed by atoms with Crippen LogP contribution in [0, 0.1) is 0 Å². The van der Waals surface area contributed by atoms with Gasteiger partial charge in [-0.25, -0.2) is 13.4 Å². The van der Waals surface area contributed by atoms with E-state index in [0.29, 0.717) is 11.3 Å². The van der Waals surface area contributed by atoms with E-state index < -0.39 is 9.84 Å². The molecular weight excluding hydrogens is 352 g/mol. The van der Waals surface area contributed by atoms with Gasteiger partial charge in [0.1, 0.15) is 5.82 Å². The summed E-state index contributed by atoms with van der Waals surface area (Å²) in [6, 6.07) is 13.0. The second-order valence-corrected chi connectivity index (χ2v) is 7.87. The minimum atomic E-state index is -3.20. The Labute approximate surface area is 131 Å². The SMILES string of the molecule is CS(=O)(=O)c1ccc2nc(Cc3ccc(Br)cc3)[nH]c2c1. The maximum atomic E-state index is 11.6. The highest BCUT2D eigenvalue weighted by Gasteiger charge is 2.10. The highest BCUT2D eigenvalue weighted by molar-refractivity contribution is 9.10. The minimum Gasteiger partial charge on any atom is -0.342 e. The van der Waals surface area contributed by atoms with Crippen LogP contribution >= 0.6 is 15.9 Å². The van der Waals surface area contributed by atoms with Crippen LogP contribution in [0.5, 0.6) is 0 Å². The fourth-order valence-corrected chi connectivity index (χ4v) is 3.06. The van der Waals surface area contributed by atoms with Crippen LogP contribution in [-0.2, 0) is 16.3 Å². The van der Waals surface area contributed by atoms with E-state index >= 15 is 0 Å². The lowest BCUT2D eigenvalue weighted by molar-refractivity contribution is 0.602. The van der Waals surface area contributed by atoms with Crippen LogP contribution in [0.15, 0.2) is 51.8 Å². The van der Waals surface area contributed by atoms with Crippen molar-refractivity contribution in [1.82, 2.24) is 9.97 Å². The lowest BCUT2D eigenvalue weighted by Crippen LogP contribution is -1.96. The Balaban J connectivity index is 1.95. The van der Waals surface area contributed by atoms with Crippen molar-refractivity contribution >= 4 is 36.8 Å². The smallest absolute Gasteiger partial charge is 0.175 e. The number of aromatic nitrogens is 2. The molecule has 6 heteroatoms. The molecule has 0 bridgehead atoms. The molecule has 0 aliphatic heterocycles. The predicted octanol–water partition coefficient (Wildman–Crippen LogP) is 3.32. The van der Waals surface area contributed by atoms with Crippen molar-refractivity contribution < 1.29 is 8.42 Å². The van der Waals surface area contributed by atoms with E-state index in [-0.39, 0.29) is 0 Å². The van der Waals surface area contributed by atoms with Gasteiger partial charge in [-0.15, -0.1) is 0 Å². The van der Waals surface area contributed by atoms with Crippen molar-refractivity contribution in [3.8, 4) is 0 Å². The number of halogens is 1. The number of aromatic amines is 1. The largest absolute Gasteiger partial charge is 0.342 e. The summed E-state index contributed by atoms with van der Waals surface area (Å²) in [5.41, 5.74) is 2.65. The fraction of sp³-hybridized carbons (Fsp3) is 0.133. The van der Waals surface area contributed by atoms with E-state index in [9.17, 15) is 8.42 Å². The van der Waals surface area contributed by atoms with E-state index in [1.54, 1.807) is 18.2 Å². The second kappa shape index (κ2) is 5.27. The van der Waals surface area contributed by atoms with Gasteiger partial charge in [-0.05, 0) is 35.9 Å². The van der Waals surface area contributed by atoms with Crippen LogP contribution in [0.1, 0.15) is 11.4 Å². The Bertz CT molecular complexity index is 899. The summed E-state index contributed by atoms with van der Waals surface area (Å²) in [6.07, 6.45) is 1.88. The van der Waals surface area contributed by atoms with Gasteiger partial charge in [0.25, 0.3) is 0 Å². The van der Waals surface area contributed by atoms with Crippen LogP contribution in [-0.4, -0.2) is 24.6 Å². The van der Waals surface area contributed by atoms with Crippen molar-refractivity contribution in [1.29, 1.82) is 0 Å². The first-order valence-corrected chi connectivity index (χ1v) is 9.03. The average Bonchev–Trinajstić information content (AvgIpc) is 2.81. The van der Waals surface area contributed by atoms with E-state index in [2.05, 4.69) is 25.9 Å². The Morgan fingerprint density at radius 1 is 1.14 bits per heavy atom. The van der Waals surface area contributed by atoms with Gasteiger partial charge in [0.15, 0.2) is 9.84 Å². The van der Waals surface area contributed by atoms with E-state index in [1.165, 1.54) is 6.26 Å². The average molecular weight is 365 g/mol. The molecule has 0 fully saturated rings. The fourth-order valence-electron chi connectivity index (χ4n) is 2.15. The van der Waals surface area contributed by atoms with E-state index in [0.717, 1.165) is 26.9 Å². The molecule has 0 radical (unpaired) electrons. The molecular formula is C15H13BrN2O2S. The van der Waals surface area contributed by atoms with E-state index in [4.69, 9.17) is 0 Å². The van der Waals surface area contributed by atoms with Crippen molar-refractivity contribution in [2.45, 2.75) is 11.3 Å². The molecule has 0 saturated heterocycles. The Morgan fingerprint density at radius 2 is 1.86 bits per heavy atom. The number of nitrogens with one attached hydrogen (secondary N) is 1. The zero-order valence-corrected chi connectivity index (χ0v) is 13.7. The summed E-state index contributed by atoms with van der Waals surface area (Å²) in [7, 11) is -3.20. The number of hydrogen-bond acceptors (Lipinski definition) is 3. The number of imidazole rings is 1. The van der Waals surface area contributed by atoms with E-state index in [1.807, 2.05) is 24.3 Å². The minimum absolute atomic E-state index is 0.300. The van der Waals surface area contributed by atoms with Crippen molar-refractivity contribution in [3.63, 3.8) is 0 Å². The maximum Gasteiger partial charge on any atom is 0.175 e. The summed E-state index contributed by atoms with van der Waals surface area (Å²) in [5, 5.41) is 0. The molecule has 0 unspecified atom stereocenters. The first-order chi connectivity index (χ1) is 9.91. The summed E-state index contributed by atoms with van der Waals surface area (Å²) >= 11 is 3.41. The number of rotatable bonds is 3. The Hall–Kier alpha value is -1.66. The molecule has 0 spiro atoms. The normalized spacial score (nSPS) is 11.9. The van der Waals surface area contributed by atoms with Gasteiger partial charge in [-0.1, -0.05) is 28.1 Å². The van der Waals surface area contributed by atoms with Gasteiger partial charge < -0.3 is 4.98 Å². The Kier molecular flexibility index (Phi) is 3.59. The van der Waals surface area contributed by atoms with Gasteiger partial charge in [0.05, 0.1) is 15.9 Å². The summed E-state index contributed by atoms with van der Waals surface area (Å²) < 4.78 is 24.2. The van der Waals surface area contributed by atoms with Crippen molar-refractivity contribution in [3.05, 3.63) is 58.3 Å². The highest BCUT2D eigenvalue weighted by Crippen LogP contribution is 2.19. The summed E-state index contributed by atoms with van der Waals surface area (Å²) in [6.45, 7) is 0. The first-order valence-electron chi connectivity index (χ1n) is 6.35. The summed E-state index contributed by atoms with van der Waals surface area (Å²) in [5.74, 6) is 0.818. The van der Waals surface area contributed by atoms with Crippen LogP contribution in [0.2, 0.25) is 0 Å². The molecule has 0 aliphatic carbocycles. The van der Waals surface area contributed by atoms with Gasteiger partial charge >= 0.3 is 0 Å². The van der Waals surface area contributed by atoms with Crippen LogP contribution < -0.4 is 0 Å².